The van der Waals surface area contributed by atoms with Gasteiger partial charge in [0.1, 0.15) is 17.5 Å². The number of rotatable bonds is 15. The lowest BCUT2D eigenvalue weighted by Gasteiger charge is -2.21. The Labute approximate surface area is 560 Å². The van der Waals surface area contributed by atoms with Crippen LogP contribution in [0.1, 0.15) is 33.6 Å². The SMILES string of the molecule is CCN(CC)CCCC(C)Nc1nc(-c2ccc3ccccc3c2)nc2c(-c3ccccc3)cccc12.O=c1[nH]c(-c2ccc3ccccc3c2)nc2c(-c3ccccc3)cccc12.O=c1[nH]c(-c2ccc3ccccc3c2)nc2c(Br)cccc12.O[B]Oc1ccccc1. The van der Waals surface area contributed by atoms with Gasteiger partial charge in [0.2, 0.25) is 0 Å². The first-order valence-corrected chi connectivity index (χ1v) is 32.7. The van der Waals surface area contributed by atoms with Crippen molar-refractivity contribution in [1.29, 1.82) is 0 Å². The van der Waals surface area contributed by atoms with E-state index in [2.05, 4.69) is 188 Å². The lowest BCUT2D eigenvalue weighted by molar-refractivity contribution is 0.295. The lowest BCUT2D eigenvalue weighted by Crippen LogP contribution is -2.25. The molecule has 467 valence electrons. The van der Waals surface area contributed by atoms with Gasteiger partial charge >= 0.3 is 7.69 Å². The quantitative estimate of drug-likeness (QED) is 0.0727. The molecule has 1 atom stereocenters. The Morgan fingerprint density at radius 1 is 0.463 bits per heavy atom. The van der Waals surface area contributed by atoms with E-state index in [1.54, 1.807) is 18.2 Å². The third kappa shape index (κ3) is 15.4. The minimum atomic E-state index is -0.130. The van der Waals surface area contributed by atoms with E-state index in [0.29, 0.717) is 47.4 Å². The van der Waals surface area contributed by atoms with Crippen LogP contribution in [0.5, 0.6) is 5.75 Å². The molecule has 0 aliphatic rings. The summed E-state index contributed by atoms with van der Waals surface area (Å²) in [6.07, 6.45) is 2.25. The Balaban J connectivity index is 0.000000131. The average Bonchev–Trinajstić information content (AvgIpc) is 0.814. The van der Waals surface area contributed by atoms with E-state index in [1.165, 1.54) is 10.8 Å². The van der Waals surface area contributed by atoms with Gasteiger partial charge in [-0.2, -0.15) is 0 Å². The molecule has 12 aromatic carbocycles. The molecule has 1 radical (unpaired) electrons. The largest absolute Gasteiger partial charge is 0.569 e. The first-order chi connectivity index (χ1) is 46.6. The van der Waals surface area contributed by atoms with Crippen molar-refractivity contribution >= 4 is 94.5 Å². The summed E-state index contributed by atoms with van der Waals surface area (Å²) in [6, 6.07) is 90.9. The second kappa shape index (κ2) is 30.7. The van der Waals surface area contributed by atoms with E-state index >= 15 is 0 Å². The molecule has 0 bridgehead atoms. The minimum Gasteiger partial charge on any atom is -0.537 e. The molecular formula is C81H69BBrN8O4. The number of para-hydroxylation sites is 4. The van der Waals surface area contributed by atoms with Gasteiger partial charge in [0, 0.05) is 43.7 Å². The fourth-order valence-electron chi connectivity index (χ4n) is 11.7. The number of nitrogens with zero attached hydrogens (tertiary/aromatic N) is 5. The molecule has 0 aliphatic heterocycles. The van der Waals surface area contributed by atoms with Crippen LogP contribution in [0, 0.1) is 0 Å². The first kappa shape index (κ1) is 64.2. The minimum absolute atomic E-state index is 0.124. The summed E-state index contributed by atoms with van der Waals surface area (Å²) >= 11 is 3.46. The molecule has 3 heterocycles. The zero-order valence-electron chi connectivity index (χ0n) is 53.0. The zero-order chi connectivity index (χ0) is 65.5. The van der Waals surface area contributed by atoms with E-state index < -0.39 is 0 Å². The van der Waals surface area contributed by atoms with Crippen LogP contribution in [-0.4, -0.2) is 73.2 Å². The molecule has 1 unspecified atom stereocenters. The number of hydrogen-bond acceptors (Lipinski definition) is 10. The second-order valence-electron chi connectivity index (χ2n) is 22.9. The van der Waals surface area contributed by atoms with Crippen molar-refractivity contribution in [1.82, 2.24) is 34.8 Å². The number of benzene rings is 12. The summed E-state index contributed by atoms with van der Waals surface area (Å²) in [5.41, 5.74) is 9.23. The van der Waals surface area contributed by atoms with Gasteiger partial charge in [-0.05, 0) is 153 Å². The Bertz CT molecular complexity index is 5250. The van der Waals surface area contributed by atoms with Crippen LogP contribution < -0.4 is 21.1 Å². The normalized spacial score (nSPS) is 11.3. The number of nitrogens with one attached hydrogen (secondary N) is 3. The third-order valence-corrected chi connectivity index (χ3v) is 17.3. The lowest BCUT2D eigenvalue weighted by atomic mass is 10.0. The molecule has 15 aromatic rings. The molecule has 12 nitrogen and oxygen atoms in total. The number of anilines is 1. The van der Waals surface area contributed by atoms with Gasteiger partial charge in [0.15, 0.2) is 5.82 Å². The summed E-state index contributed by atoms with van der Waals surface area (Å²) in [7, 11) is 0.662. The fourth-order valence-corrected chi connectivity index (χ4v) is 12.1. The summed E-state index contributed by atoms with van der Waals surface area (Å²) in [5, 5.41) is 21.1. The van der Waals surface area contributed by atoms with Gasteiger partial charge in [0.05, 0.1) is 33.1 Å². The van der Waals surface area contributed by atoms with E-state index in [1.807, 2.05) is 133 Å². The highest BCUT2D eigenvalue weighted by Crippen LogP contribution is 2.35. The smallest absolute Gasteiger partial charge is 0.537 e. The maximum atomic E-state index is 12.7. The van der Waals surface area contributed by atoms with Gasteiger partial charge in [-0.15, -0.1) is 0 Å². The number of halogens is 1. The zero-order valence-corrected chi connectivity index (χ0v) is 54.5. The molecule has 4 N–H and O–H groups in total. The highest BCUT2D eigenvalue weighted by Gasteiger charge is 2.17. The molecule has 14 heteroatoms. The molecule has 0 amide bonds. The summed E-state index contributed by atoms with van der Waals surface area (Å²) in [6.45, 7) is 10.1. The van der Waals surface area contributed by atoms with Gasteiger partial charge in [-0.1, -0.05) is 232 Å². The monoisotopic (exact) mass is 1310 g/mol. The molecule has 95 heavy (non-hydrogen) atoms. The maximum Gasteiger partial charge on any atom is 0.569 e. The van der Waals surface area contributed by atoms with Crippen molar-refractivity contribution in [2.24, 2.45) is 0 Å². The van der Waals surface area contributed by atoms with Crippen LogP contribution >= 0.6 is 15.9 Å². The van der Waals surface area contributed by atoms with Crippen LogP contribution in [0.3, 0.4) is 0 Å². The Morgan fingerprint density at radius 2 is 0.895 bits per heavy atom. The summed E-state index contributed by atoms with van der Waals surface area (Å²) in [4.78, 5) is 53.0. The third-order valence-electron chi connectivity index (χ3n) is 16.7. The second-order valence-corrected chi connectivity index (χ2v) is 23.8. The predicted molar refractivity (Wildman–Crippen MR) is 397 cm³/mol. The molecule has 0 fully saturated rings. The van der Waals surface area contributed by atoms with Crippen molar-refractivity contribution < 1.29 is 9.68 Å². The van der Waals surface area contributed by atoms with Gasteiger partial charge in [-0.3, -0.25) is 9.59 Å². The summed E-state index contributed by atoms with van der Waals surface area (Å²) < 4.78 is 5.45. The van der Waals surface area contributed by atoms with Gasteiger partial charge in [-0.25, -0.2) is 19.9 Å². The standard InChI is InChI=1S/C33H36N4.C24H16N2O.C18H11BrN2O.C6H6BO2/c1-4-37(5-2)22-12-13-24(3)34-33-30-19-11-18-29(26-15-7-6-8-16-26)31(30)35-32(36-33)28-21-20-25-14-9-10-17-27(25)23-28;27-24-21-12-6-11-20(17-8-2-1-3-9-17)22(21)25-23(26-24)19-14-13-16-7-4-5-10-18(16)15-19;19-15-7-3-6-14-16(15)20-17(21-18(14)22)13-9-8-11-4-1-2-5-12(11)10-13;8-7-9-6-4-2-1-3-5-6/h6-11,14-21,23-24H,4-5,12-13,22H2,1-3H3,(H,34,35,36);1-15H,(H,25,26,27);1-10H,(H,20,21,22);1-5,8H. The molecule has 0 saturated heterocycles. The number of fused-ring (bicyclic) bond motifs is 6. The van der Waals surface area contributed by atoms with E-state index in [0.717, 1.165) is 125 Å². The molecule has 0 aliphatic carbocycles. The number of H-pyrrole nitrogens is 2. The Hall–Kier alpha value is -10.9. The molecular weight excluding hydrogens is 1240 g/mol. The summed E-state index contributed by atoms with van der Waals surface area (Å²) in [5.74, 6) is 3.46. The highest BCUT2D eigenvalue weighted by atomic mass is 79.9. The van der Waals surface area contributed by atoms with E-state index in [9.17, 15) is 9.59 Å². The Morgan fingerprint density at radius 3 is 1.41 bits per heavy atom. The number of hydrogen-bond donors (Lipinski definition) is 4. The van der Waals surface area contributed by atoms with E-state index in [-0.39, 0.29) is 11.1 Å². The molecule has 3 aromatic heterocycles. The number of aromatic amines is 2. The molecule has 15 rings (SSSR count). The van der Waals surface area contributed by atoms with Crippen LogP contribution in [-0.2, 0) is 0 Å². The first-order valence-electron chi connectivity index (χ1n) is 31.9. The van der Waals surface area contributed by atoms with Crippen molar-refractivity contribution in [3.8, 4) is 62.2 Å². The van der Waals surface area contributed by atoms with Crippen molar-refractivity contribution in [2.45, 2.75) is 39.7 Å². The van der Waals surface area contributed by atoms with Crippen molar-refractivity contribution in [3.63, 3.8) is 0 Å². The van der Waals surface area contributed by atoms with Crippen molar-refractivity contribution in [2.75, 3.05) is 25.0 Å². The predicted octanol–water partition coefficient (Wildman–Crippen LogP) is 18.5. The molecule has 0 spiro atoms. The van der Waals surface area contributed by atoms with Gasteiger partial charge in [0.25, 0.3) is 11.1 Å². The van der Waals surface area contributed by atoms with Crippen LogP contribution in [0.4, 0.5) is 5.82 Å². The van der Waals surface area contributed by atoms with Crippen LogP contribution in [0.25, 0.3) is 121 Å². The van der Waals surface area contributed by atoms with Crippen LogP contribution in [0.15, 0.2) is 287 Å². The van der Waals surface area contributed by atoms with Gasteiger partial charge < -0.3 is 29.9 Å². The highest BCUT2D eigenvalue weighted by molar-refractivity contribution is 9.10. The molecule has 0 saturated carbocycles. The maximum absolute atomic E-state index is 12.7. The fraction of sp³-hybridized carbons (Fsp3) is 0.111. The average molecular weight is 1310 g/mol. The Kier molecular flexibility index (Phi) is 20.7. The van der Waals surface area contributed by atoms with Crippen LogP contribution in [0.2, 0.25) is 0 Å². The van der Waals surface area contributed by atoms with E-state index in [4.69, 9.17) is 20.0 Å². The van der Waals surface area contributed by atoms with Crippen molar-refractivity contribution in [3.05, 3.63) is 298 Å². The topological polar surface area (TPSA) is 162 Å². The number of aromatic nitrogens is 6.